The molecule has 1 N–H and O–H groups in total. The van der Waals surface area contributed by atoms with E-state index in [1.807, 2.05) is 0 Å². The van der Waals surface area contributed by atoms with Gasteiger partial charge in [-0.05, 0) is 18.1 Å². The Morgan fingerprint density at radius 2 is 2.06 bits per heavy atom. The van der Waals surface area contributed by atoms with Gasteiger partial charge in [0.2, 0.25) is 5.91 Å². The Morgan fingerprint density at radius 3 is 2.67 bits per heavy atom. The zero-order valence-electron chi connectivity index (χ0n) is 10.6. The number of rotatable bonds is 6. The van der Waals surface area contributed by atoms with Crippen molar-refractivity contribution in [1.29, 1.82) is 0 Å². The SMILES string of the molecule is CCCCNC(=O)Cc1cc(Cl)c(OC)cc1Cl. The van der Waals surface area contributed by atoms with Crippen molar-refractivity contribution < 1.29 is 9.53 Å². The number of hydrogen-bond donors (Lipinski definition) is 1. The Kier molecular flexibility index (Phi) is 6.30. The van der Waals surface area contributed by atoms with Gasteiger partial charge in [-0.1, -0.05) is 36.5 Å². The maximum atomic E-state index is 11.7. The molecule has 0 aromatic heterocycles. The fraction of sp³-hybridized carbons (Fsp3) is 0.462. The Morgan fingerprint density at radius 1 is 1.33 bits per heavy atom. The van der Waals surface area contributed by atoms with E-state index in [4.69, 9.17) is 27.9 Å². The number of amides is 1. The summed E-state index contributed by atoms with van der Waals surface area (Å²) in [7, 11) is 1.52. The molecule has 0 aliphatic rings. The molecular formula is C13H17Cl2NO2. The molecule has 0 saturated carbocycles. The summed E-state index contributed by atoms with van der Waals surface area (Å²) < 4.78 is 5.05. The van der Waals surface area contributed by atoms with Crippen LogP contribution in [0.4, 0.5) is 0 Å². The van der Waals surface area contributed by atoms with Crippen LogP contribution in [0.15, 0.2) is 12.1 Å². The highest BCUT2D eigenvalue weighted by Crippen LogP contribution is 2.31. The van der Waals surface area contributed by atoms with Crippen LogP contribution in [0.3, 0.4) is 0 Å². The predicted molar refractivity (Wildman–Crippen MR) is 74.6 cm³/mol. The summed E-state index contributed by atoms with van der Waals surface area (Å²) in [6, 6.07) is 3.29. The number of unbranched alkanes of at least 4 members (excludes halogenated alkanes) is 1. The van der Waals surface area contributed by atoms with Crippen molar-refractivity contribution >= 4 is 29.1 Å². The molecule has 0 aliphatic heterocycles. The van der Waals surface area contributed by atoms with E-state index < -0.39 is 0 Å². The highest BCUT2D eigenvalue weighted by molar-refractivity contribution is 6.34. The summed E-state index contributed by atoms with van der Waals surface area (Å²) in [4.78, 5) is 11.7. The molecule has 0 saturated heterocycles. The fourth-order valence-electron chi connectivity index (χ4n) is 1.50. The lowest BCUT2D eigenvalue weighted by Crippen LogP contribution is -2.26. The highest BCUT2D eigenvalue weighted by atomic mass is 35.5. The molecule has 5 heteroatoms. The lowest BCUT2D eigenvalue weighted by Gasteiger charge is -2.09. The first-order valence-corrected chi connectivity index (χ1v) is 6.62. The molecule has 0 spiro atoms. The summed E-state index contributed by atoms with van der Waals surface area (Å²) in [6.07, 6.45) is 2.25. The van der Waals surface area contributed by atoms with Gasteiger partial charge in [-0.25, -0.2) is 0 Å². The minimum atomic E-state index is -0.0495. The minimum Gasteiger partial charge on any atom is -0.495 e. The third-order valence-electron chi connectivity index (χ3n) is 2.52. The summed E-state index contributed by atoms with van der Waals surface area (Å²) in [5.74, 6) is 0.461. The summed E-state index contributed by atoms with van der Waals surface area (Å²) in [5, 5.41) is 3.78. The number of carbonyl (C=O) groups is 1. The number of nitrogens with one attached hydrogen (secondary N) is 1. The molecule has 1 rings (SSSR count). The maximum Gasteiger partial charge on any atom is 0.224 e. The van der Waals surface area contributed by atoms with Crippen molar-refractivity contribution in [2.75, 3.05) is 13.7 Å². The average molecular weight is 290 g/mol. The third-order valence-corrected chi connectivity index (χ3v) is 3.17. The number of carbonyl (C=O) groups excluding carboxylic acids is 1. The van der Waals surface area contributed by atoms with Crippen LogP contribution in [0.5, 0.6) is 5.75 Å². The van der Waals surface area contributed by atoms with E-state index in [-0.39, 0.29) is 12.3 Å². The van der Waals surface area contributed by atoms with E-state index in [1.165, 1.54) is 7.11 Å². The van der Waals surface area contributed by atoms with Gasteiger partial charge in [-0.2, -0.15) is 0 Å². The first-order valence-electron chi connectivity index (χ1n) is 5.87. The zero-order valence-corrected chi connectivity index (χ0v) is 12.1. The second-order valence-electron chi connectivity index (χ2n) is 3.96. The van der Waals surface area contributed by atoms with Gasteiger partial charge < -0.3 is 10.1 Å². The quantitative estimate of drug-likeness (QED) is 0.815. The van der Waals surface area contributed by atoms with Crippen LogP contribution in [-0.2, 0) is 11.2 Å². The number of benzene rings is 1. The standard InChI is InChI=1S/C13H17Cl2NO2/c1-3-4-5-16-13(17)7-9-6-11(15)12(18-2)8-10(9)14/h6,8H,3-5,7H2,1-2H3,(H,16,17). The molecule has 0 bridgehead atoms. The van der Waals surface area contributed by atoms with Crippen molar-refractivity contribution in [3.63, 3.8) is 0 Å². The van der Waals surface area contributed by atoms with Crippen LogP contribution < -0.4 is 10.1 Å². The van der Waals surface area contributed by atoms with Crippen molar-refractivity contribution in [3.05, 3.63) is 27.7 Å². The van der Waals surface area contributed by atoms with Gasteiger partial charge in [0.25, 0.3) is 0 Å². The number of ether oxygens (including phenoxy) is 1. The highest BCUT2D eigenvalue weighted by Gasteiger charge is 2.11. The van der Waals surface area contributed by atoms with Crippen LogP contribution in [0.2, 0.25) is 10.0 Å². The van der Waals surface area contributed by atoms with E-state index >= 15 is 0 Å². The fourth-order valence-corrected chi connectivity index (χ4v) is 1.99. The van der Waals surface area contributed by atoms with E-state index in [2.05, 4.69) is 12.2 Å². The summed E-state index contributed by atoms with van der Waals surface area (Å²) in [6.45, 7) is 2.77. The van der Waals surface area contributed by atoms with E-state index in [9.17, 15) is 4.79 Å². The number of hydrogen-bond acceptors (Lipinski definition) is 2. The molecule has 0 heterocycles. The van der Waals surface area contributed by atoms with Crippen molar-refractivity contribution in [2.45, 2.75) is 26.2 Å². The molecule has 1 aromatic rings. The molecule has 0 unspecified atom stereocenters. The molecule has 1 amide bonds. The van der Waals surface area contributed by atoms with Crippen LogP contribution in [-0.4, -0.2) is 19.6 Å². The van der Waals surface area contributed by atoms with E-state index in [0.717, 1.165) is 12.8 Å². The van der Waals surface area contributed by atoms with Crippen molar-refractivity contribution in [2.24, 2.45) is 0 Å². The lowest BCUT2D eigenvalue weighted by molar-refractivity contribution is -0.120. The van der Waals surface area contributed by atoms with Gasteiger partial charge in [-0.15, -0.1) is 0 Å². The van der Waals surface area contributed by atoms with Gasteiger partial charge in [0.15, 0.2) is 0 Å². The monoisotopic (exact) mass is 289 g/mol. The Labute approximate surface area is 117 Å². The van der Waals surface area contributed by atoms with Gasteiger partial charge in [-0.3, -0.25) is 4.79 Å². The smallest absolute Gasteiger partial charge is 0.224 e. The minimum absolute atomic E-state index is 0.0495. The van der Waals surface area contributed by atoms with E-state index in [1.54, 1.807) is 12.1 Å². The van der Waals surface area contributed by atoms with Crippen LogP contribution in [0.25, 0.3) is 0 Å². The molecule has 0 atom stereocenters. The second kappa shape index (κ2) is 7.49. The molecule has 0 fully saturated rings. The number of methoxy groups -OCH3 is 1. The van der Waals surface area contributed by atoms with Gasteiger partial charge in [0, 0.05) is 17.6 Å². The maximum absolute atomic E-state index is 11.7. The van der Waals surface area contributed by atoms with Crippen molar-refractivity contribution in [1.82, 2.24) is 5.32 Å². The lowest BCUT2D eigenvalue weighted by atomic mass is 10.1. The Balaban J connectivity index is 2.67. The Hall–Kier alpha value is -0.930. The Bertz CT molecular complexity index is 422. The average Bonchev–Trinajstić information content (AvgIpc) is 2.33. The van der Waals surface area contributed by atoms with E-state index in [0.29, 0.717) is 27.9 Å². The van der Waals surface area contributed by atoms with Crippen LogP contribution >= 0.6 is 23.2 Å². The molecule has 100 valence electrons. The first kappa shape index (κ1) is 15.1. The molecule has 0 aliphatic carbocycles. The van der Waals surface area contributed by atoms with Crippen LogP contribution in [0.1, 0.15) is 25.3 Å². The first-order chi connectivity index (χ1) is 8.58. The zero-order chi connectivity index (χ0) is 13.5. The summed E-state index contributed by atoms with van der Waals surface area (Å²) >= 11 is 12.1. The molecule has 0 radical (unpaired) electrons. The predicted octanol–water partition coefficient (Wildman–Crippen LogP) is 3.46. The van der Waals surface area contributed by atoms with Crippen molar-refractivity contribution in [3.8, 4) is 5.75 Å². The number of halogens is 2. The van der Waals surface area contributed by atoms with Gasteiger partial charge in [0.05, 0.1) is 18.6 Å². The summed E-state index contributed by atoms with van der Waals surface area (Å²) in [5.41, 5.74) is 0.705. The molecule has 3 nitrogen and oxygen atoms in total. The normalized spacial score (nSPS) is 10.2. The topological polar surface area (TPSA) is 38.3 Å². The largest absolute Gasteiger partial charge is 0.495 e. The van der Waals surface area contributed by atoms with Crippen LogP contribution in [0, 0.1) is 0 Å². The third kappa shape index (κ3) is 4.39. The molecule has 18 heavy (non-hydrogen) atoms. The molecular weight excluding hydrogens is 273 g/mol. The molecule has 1 aromatic carbocycles. The van der Waals surface area contributed by atoms with Gasteiger partial charge in [0.1, 0.15) is 5.75 Å². The van der Waals surface area contributed by atoms with Gasteiger partial charge >= 0.3 is 0 Å². The second-order valence-corrected chi connectivity index (χ2v) is 4.77.